The highest BCUT2D eigenvalue weighted by Crippen LogP contribution is 2.21. The third-order valence-corrected chi connectivity index (χ3v) is 5.08. The van der Waals surface area contributed by atoms with Crippen molar-refractivity contribution in [2.75, 3.05) is 11.1 Å². The van der Waals surface area contributed by atoms with E-state index in [1.807, 2.05) is 22.8 Å². The van der Waals surface area contributed by atoms with Crippen LogP contribution >= 0.6 is 11.8 Å². The Morgan fingerprint density at radius 3 is 2.67 bits per heavy atom. The normalized spacial score (nSPS) is 10.4. The minimum absolute atomic E-state index is 0.123. The average Bonchev–Trinajstić information content (AvgIpc) is 3.13. The average molecular weight is 377 g/mol. The molecule has 0 spiro atoms. The van der Waals surface area contributed by atoms with Gasteiger partial charge in [-0.05, 0) is 54.8 Å². The van der Waals surface area contributed by atoms with Crippen LogP contribution in [0.4, 0.5) is 5.69 Å². The van der Waals surface area contributed by atoms with E-state index in [1.54, 1.807) is 18.5 Å². The summed E-state index contributed by atoms with van der Waals surface area (Å²) in [5.74, 6) is 0.103. The van der Waals surface area contributed by atoms with Gasteiger partial charge in [0.15, 0.2) is 5.16 Å². The number of aromatic nitrogens is 3. The number of anilines is 1. The highest BCUT2D eigenvalue weighted by Gasteiger charge is 2.11. The minimum Gasteiger partial charge on any atom is -0.325 e. The molecule has 3 aromatic rings. The second-order valence-corrected chi connectivity index (χ2v) is 7.06. The van der Waals surface area contributed by atoms with Gasteiger partial charge in [-0.3, -0.25) is 9.36 Å². The van der Waals surface area contributed by atoms with Gasteiger partial charge in [0.2, 0.25) is 5.91 Å². The summed E-state index contributed by atoms with van der Waals surface area (Å²) in [4.78, 5) is 12.2. The van der Waals surface area contributed by atoms with E-state index in [4.69, 9.17) is 5.26 Å². The zero-order valence-corrected chi connectivity index (χ0v) is 16.0. The van der Waals surface area contributed by atoms with Gasteiger partial charge in [0, 0.05) is 11.4 Å². The van der Waals surface area contributed by atoms with E-state index >= 15 is 0 Å². The number of nitriles is 1. The summed E-state index contributed by atoms with van der Waals surface area (Å²) < 4.78 is 1.88. The SMILES string of the molecule is Cc1ccc(-n2cnnc2SCC(=O)Nc2ccc(CC#N)cc2)cc1C. The Morgan fingerprint density at radius 1 is 1.19 bits per heavy atom. The summed E-state index contributed by atoms with van der Waals surface area (Å²) in [5.41, 5.74) is 5.01. The quantitative estimate of drug-likeness (QED) is 0.663. The van der Waals surface area contributed by atoms with Crippen molar-refractivity contribution in [3.63, 3.8) is 0 Å². The monoisotopic (exact) mass is 377 g/mol. The minimum atomic E-state index is -0.123. The van der Waals surface area contributed by atoms with Crippen LogP contribution in [0.3, 0.4) is 0 Å². The van der Waals surface area contributed by atoms with E-state index in [0.717, 1.165) is 11.3 Å². The number of carbonyl (C=O) groups excluding carboxylic acids is 1. The molecule has 0 aliphatic carbocycles. The molecule has 0 saturated carbocycles. The van der Waals surface area contributed by atoms with Gasteiger partial charge in [-0.2, -0.15) is 5.26 Å². The van der Waals surface area contributed by atoms with Gasteiger partial charge in [-0.15, -0.1) is 10.2 Å². The maximum Gasteiger partial charge on any atom is 0.234 e. The summed E-state index contributed by atoms with van der Waals surface area (Å²) >= 11 is 1.33. The third kappa shape index (κ3) is 4.74. The number of aryl methyl sites for hydroxylation is 2. The maximum atomic E-state index is 12.2. The lowest BCUT2D eigenvalue weighted by Crippen LogP contribution is -2.14. The molecule has 0 atom stereocenters. The molecule has 3 rings (SSSR count). The standard InChI is InChI=1S/C20H19N5OS/c1-14-3-8-18(11-15(14)2)25-13-22-24-20(25)27-12-19(26)23-17-6-4-16(5-7-17)9-10-21/h3-8,11,13H,9,12H2,1-2H3,(H,23,26). The van der Waals surface area contributed by atoms with Crippen LogP contribution in [0.25, 0.3) is 5.69 Å². The molecule has 6 nitrogen and oxygen atoms in total. The van der Waals surface area contributed by atoms with Crippen molar-refractivity contribution >= 4 is 23.4 Å². The van der Waals surface area contributed by atoms with Gasteiger partial charge in [-0.1, -0.05) is 30.0 Å². The Labute approximate surface area is 162 Å². The molecule has 0 radical (unpaired) electrons. The largest absolute Gasteiger partial charge is 0.325 e. The number of amides is 1. The first-order valence-corrected chi connectivity index (χ1v) is 9.41. The number of nitrogens with zero attached hydrogens (tertiary/aromatic N) is 4. The van der Waals surface area contributed by atoms with Crippen molar-refractivity contribution in [3.8, 4) is 11.8 Å². The van der Waals surface area contributed by atoms with E-state index in [2.05, 4.69) is 47.6 Å². The Bertz CT molecular complexity index is 988. The van der Waals surface area contributed by atoms with E-state index in [-0.39, 0.29) is 11.7 Å². The number of hydrogen-bond acceptors (Lipinski definition) is 5. The molecule has 27 heavy (non-hydrogen) atoms. The van der Waals surface area contributed by atoms with Crippen LogP contribution in [0.2, 0.25) is 0 Å². The summed E-state index contributed by atoms with van der Waals surface area (Å²) in [6.07, 6.45) is 2.01. The van der Waals surface area contributed by atoms with Gasteiger partial charge in [-0.25, -0.2) is 0 Å². The lowest BCUT2D eigenvalue weighted by atomic mass is 10.1. The number of hydrogen-bond donors (Lipinski definition) is 1. The zero-order chi connectivity index (χ0) is 19.2. The summed E-state index contributed by atoms with van der Waals surface area (Å²) in [6.45, 7) is 4.13. The highest BCUT2D eigenvalue weighted by molar-refractivity contribution is 7.99. The van der Waals surface area contributed by atoms with Crippen molar-refractivity contribution in [2.24, 2.45) is 0 Å². The van der Waals surface area contributed by atoms with Crippen LogP contribution < -0.4 is 5.32 Å². The van der Waals surface area contributed by atoms with E-state index in [1.165, 1.54) is 22.9 Å². The first-order chi connectivity index (χ1) is 13.1. The number of rotatable bonds is 6. The fraction of sp³-hybridized carbons (Fsp3) is 0.200. The molecule has 0 fully saturated rings. The number of benzene rings is 2. The van der Waals surface area contributed by atoms with E-state index < -0.39 is 0 Å². The Hall–Kier alpha value is -3.11. The molecule has 7 heteroatoms. The molecule has 1 N–H and O–H groups in total. The molecule has 136 valence electrons. The van der Waals surface area contributed by atoms with Crippen LogP contribution in [-0.4, -0.2) is 26.4 Å². The molecule has 2 aromatic carbocycles. The Kier molecular flexibility index (Phi) is 5.89. The fourth-order valence-electron chi connectivity index (χ4n) is 2.50. The molecule has 0 bridgehead atoms. The summed E-state index contributed by atoms with van der Waals surface area (Å²) in [5, 5.41) is 20.3. The molecular weight excluding hydrogens is 358 g/mol. The molecule has 0 aliphatic heterocycles. The van der Waals surface area contributed by atoms with Crippen LogP contribution in [-0.2, 0) is 11.2 Å². The van der Waals surface area contributed by atoms with Crippen LogP contribution in [0.1, 0.15) is 16.7 Å². The van der Waals surface area contributed by atoms with Gasteiger partial charge in [0.25, 0.3) is 0 Å². The van der Waals surface area contributed by atoms with Gasteiger partial charge in [0.1, 0.15) is 6.33 Å². The van der Waals surface area contributed by atoms with Crippen LogP contribution in [0, 0.1) is 25.2 Å². The lowest BCUT2D eigenvalue weighted by Gasteiger charge is -2.09. The molecule has 0 saturated heterocycles. The van der Waals surface area contributed by atoms with Gasteiger partial charge >= 0.3 is 0 Å². The van der Waals surface area contributed by atoms with Crippen molar-refractivity contribution in [1.82, 2.24) is 14.8 Å². The van der Waals surface area contributed by atoms with Crippen molar-refractivity contribution in [2.45, 2.75) is 25.4 Å². The summed E-state index contributed by atoms with van der Waals surface area (Å²) in [6, 6.07) is 15.5. The number of thioether (sulfide) groups is 1. The topological polar surface area (TPSA) is 83.6 Å². The first kappa shape index (κ1) is 18.7. The molecule has 1 aromatic heterocycles. The van der Waals surface area contributed by atoms with Gasteiger partial charge < -0.3 is 5.32 Å². The predicted molar refractivity (Wildman–Crippen MR) is 106 cm³/mol. The van der Waals surface area contributed by atoms with Crippen molar-refractivity contribution in [3.05, 3.63) is 65.5 Å². The molecule has 0 unspecified atom stereocenters. The van der Waals surface area contributed by atoms with E-state index in [9.17, 15) is 4.79 Å². The fourth-order valence-corrected chi connectivity index (χ4v) is 3.23. The molecular formula is C20H19N5OS. The third-order valence-electron chi connectivity index (χ3n) is 4.14. The highest BCUT2D eigenvalue weighted by atomic mass is 32.2. The second kappa shape index (κ2) is 8.52. The molecule has 1 heterocycles. The summed E-state index contributed by atoms with van der Waals surface area (Å²) in [7, 11) is 0. The zero-order valence-electron chi connectivity index (χ0n) is 15.1. The second-order valence-electron chi connectivity index (χ2n) is 6.12. The lowest BCUT2D eigenvalue weighted by molar-refractivity contribution is -0.113. The van der Waals surface area contributed by atoms with Crippen LogP contribution in [0.15, 0.2) is 53.9 Å². The molecule has 0 aliphatic rings. The number of nitrogens with one attached hydrogen (secondary N) is 1. The first-order valence-electron chi connectivity index (χ1n) is 8.43. The van der Waals surface area contributed by atoms with Crippen molar-refractivity contribution in [1.29, 1.82) is 5.26 Å². The van der Waals surface area contributed by atoms with Crippen LogP contribution in [0.5, 0.6) is 0 Å². The Morgan fingerprint density at radius 2 is 1.96 bits per heavy atom. The predicted octanol–water partition coefficient (Wildman–Crippen LogP) is 3.68. The van der Waals surface area contributed by atoms with Gasteiger partial charge in [0.05, 0.1) is 18.2 Å². The van der Waals surface area contributed by atoms with Crippen molar-refractivity contribution < 1.29 is 4.79 Å². The molecule has 1 amide bonds. The maximum absolute atomic E-state index is 12.2. The number of carbonyl (C=O) groups is 1. The Balaban J connectivity index is 1.62. The smallest absolute Gasteiger partial charge is 0.234 e. The van der Waals surface area contributed by atoms with E-state index in [0.29, 0.717) is 17.3 Å².